The summed E-state index contributed by atoms with van der Waals surface area (Å²) in [5.41, 5.74) is 6.57. The molecule has 0 unspecified atom stereocenters. The third kappa shape index (κ3) is 2.24. The molecule has 0 bridgehead atoms. The van der Waals surface area contributed by atoms with E-state index in [4.69, 9.17) is 5.73 Å². The number of rotatable bonds is 2. The molecule has 4 nitrogen and oxygen atoms in total. The number of nitrogen functional groups attached to an aromatic ring is 1. The Morgan fingerprint density at radius 1 is 1.13 bits per heavy atom. The Balaban J connectivity index is 2.30. The number of anilines is 3. The van der Waals surface area contributed by atoms with Crippen molar-refractivity contribution < 1.29 is 0 Å². The van der Waals surface area contributed by atoms with Crippen molar-refractivity contribution in [2.45, 2.75) is 0 Å². The molecule has 1 aromatic heterocycles. The van der Waals surface area contributed by atoms with Crippen LogP contribution in [0.15, 0.2) is 41.1 Å². The highest BCUT2D eigenvalue weighted by molar-refractivity contribution is 9.10. The Morgan fingerprint density at radius 2 is 1.87 bits per heavy atom. The smallest absolute Gasteiger partial charge is 0.173 e. The van der Waals surface area contributed by atoms with Crippen molar-refractivity contribution in [3.05, 3.63) is 41.1 Å². The van der Waals surface area contributed by atoms with Crippen molar-refractivity contribution in [1.82, 2.24) is 9.97 Å². The van der Waals surface area contributed by atoms with Gasteiger partial charge in [0.1, 0.15) is 0 Å². The zero-order valence-corrected chi connectivity index (χ0v) is 9.40. The van der Waals surface area contributed by atoms with E-state index < -0.39 is 0 Å². The van der Waals surface area contributed by atoms with E-state index in [1.54, 1.807) is 12.4 Å². The van der Waals surface area contributed by atoms with Gasteiger partial charge in [-0.05, 0) is 28.1 Å². The molecule has 1 aromatic carbocycles. The topological polar surface area (TPSA) is 63.8 Å². The van der Waals surface area contributed by atoms with Crippen LogP contribution in [0.5, 0.6) is 0 Å². The first-order valence-corrected chi connectivity index (χ1v) is 5.14. The molecule has 3 N–H and O–H groups in total. The SMILES string of the molecule is Nc1nccnc1Nc1ccccc1Br. The molecule has 0 atom stereocenters. The molecule has 2 rings (SSSR count). The van der Waals surface area contributed by atoms with E-state index in [1.165, 1.54) is 0 Å². The summed E-state index contributed by atoms with van der Waals surface area (Å²) in [6, 6.07) is 7.74. The molecule has 15 heavy (non-hydrogen) atoms. The van der Waals surface area contributed by atoms with Crippen LogP contribution in [0.1, 0.15) is 0 Å². The number of para-hydroxylation sites is 1. The molecule has 0 saturated carbocycles. The lowest BCUT2D eigenvalue weighted by Gasteiger charge is -2.08. The van der Waals surface area contributed by atoms with Gasteiger partial charge in [0.05, 0.1) is 5.69 Å². The first-order valence-electron chi connectivity index (χ1n) is 4.35. The van der Waals surface area contributed by atoms with Crippen LogP contribution in [0.4, 0.5) is 17.3 Å². The van der Waals surface area contributed by atoms with Gasteiger partial charge in [-0.3, -0.25) is 0 Å². The van der Waals surface area contributed by atoms with E-state index in [0.29, 0.717) is 11.6 Å². The van der Waals surface area contributed by atoms with Crippen molar-refractivity contribution in [3.63, 3.8) is 0 Å². The third-order valence-electron chi connectivity index (χ3n) is 1.85. The summed E-state index contributed by atoms with van der Waals surface area (Å²) in [6.45, 7) is 0. The van der Waals surface area contributed by atoms with Gasteiger partial charge in [-0.2, -0.15) is 0 Å². The quantitative estimate of drug-likeness (QED) is 0.875. The molecule has 0 radical (unpaired) electrons. The fourth-order valence-corrected chi connectivity index (χ4v) is 1.52. The number of nitrogens with zero attached hydrogens (tertiary/aromatic N) is 2. The lowest BCUT2D eigenvalue weighted by atomic mass is 10.3. The first kappa shape index (κ1) is 9.92. The zero-order valence-electron chi connectivity index (χ0n) is 7.81. The minimum absolute atomic E-state index is 0.383. The molecule has 0 amide bonds. The predicted octanol–water partition coefficient (Wildman–Crippen LogP) is 2.56. The van der Waals surface area contributed by atoms with Gasteiger partial charge in [0, 0.05) is 16.9 Å². The Hall–Kier alpha value is -1.62. The van der Waals surface area contributed by atoms with Crippen molar-refractivity contribution in [2.75, 3.05) is 11.1 Å². The van der Waals surface area contributed by atoms with E-state index in [2.05, 4.69) is 31.2 Å². The Kier molecular flexibility index (Phi) is 2.82. The normalized spacial score (nSPS) is 9.93. The molecule has 1 heterocycles. The average molecular weight is 265 g/mol. The number of hydrogen-bond acceptors (Lipinski definition) is 4. The minimum atomic E-state index is 0.383. The van der Waals surface area contributed by atoms with E-state index in [1.807, 2.05) is 24.3 Å². The predicted molar refractivity (Wildman–Crippen MR) is 63.9 cm³/mol. The van der Waals surface area contributed by atoms with E-state index >= 15 is 0 Å². The van der Waals surface area contributed by atoms with Crippen LogP contribution >= 0.6 is 15.9 Å². The lowest BCUT2D eigenvalue weighted by Crippen LogP contribution is -2.00. The number of nitrogens with one attached hydrogen (secondary N) is 1. The summed E-state index contributed by atoms with van der Waals surface area (Å²) in [6.07, 6.45) is 3.15. The van der Waals surface area contributed by atoms with Crippen LogP contribution in [0.2, 0.25) is 0 Å². The molecule has 0 aliphatic heterocycles. The molecule has 2 aromatic rings. The number of benzene rings is 1. The maximum atomic E-state index is 5.67. The summed E-state index contributed by atoms with van der Waals surface area (Å²) in [5.74, 6) is 0.942. The van der Waals surface area contributed by atoms with Gasteiger partial charge in [0.2, 0.25) is 0 Å². The van der Waals surface area contributed by atoms with E-state index in [9.17, 15) is 0 Å². The van der Waals surface area contributed by atoms with Crippen molar-refractivity contribution in [2.24, 2.45) is 0 Å². The Bertz CT molecular complexity index is 429. The van der Waals surface area contributed by atoms with Crippen LogP contribution in [-0.2, 0) is 0 Å². The van der Waals surface area contributed by atoms with Gasteiger partial charge in [-0.15, -0.1) is 0 Å². The van der Waals surface area contributed by atoms with Crippen LogP contribution < -0.4 is 11.1 Å². The molecule has 0 fully saturated rings. The summed E-state index contributed by atoms with van der Waals surface area (Å²) in [5, 5.41) is 3.09. The first-order chi connectivity index (χ1) is 7.27. The third-order valence-corrected chi connectivity index (χ3v) is 2.54. The monoisotopic (exact) mass is 264 g/mol. The fraction of sp³-hybridized carbons (Fsp3) is 0. The van der Waals surface area contributed by atoms with Gasteiger partial charge >= 0.3 is 0 Å². The van der Waals surface area contributed by atoms with Crippen LogP contribution in [0.3, 0.4) is 0 Å². The van der Waals surface area contributed by atoms with Gasteiger partial charge in [-0.1, -0.05) is 12.1 Å². The molecule has 0 spiro atoms. The molecule has 76 valence electrons. The highest BCUT2D eigenvalue weighted by Crippen LogP contribution is 2.25. The Labute approximate surface area is 95.7 Å². The molecule has 0 aliphatic rings. The molecule has 5 heteroatoms. The summed E-state index contributed by atoms with van der Waals surface area (Å²) >= 11 is 3.43. The van der Waals surface area contributed by atoms with Crippen LogP contribution in [0, 0.1) is 0 Å². The van der Waals surface area contributed by atoms with Gasteiger partial charge in [-0.25, -0.2) is 9.97 Å². The number of nitrogens with two attached hydrogens (primary N) is 1. The van der Waals surface area contributed by atoms with E-state index in [-0.39, 0.29) is 0 Å². The summed E-state index contributed by atoms with van der Waals surface area (Å²) < 4.78 is 0.954. The summed E-state index contributed by atoms with van der Waals surface area (Å²) in [7, 11) is 0. The van der Waals surface area contributed by atoms with Crippen molar-refractivity contribution in [1.29, 1.82) is 0 Å². The maximum Gasteiger partial charge on any atom is 0.173 e. The van der Waals surface area contributed by atoms with Gasteiger partial charge in [0.25, 0.3) is 0 Å². The second-order valence-corrected chi connectivity index (χ2v) is 3.75. The minimum Gasteiger partial charge on any atom is -0.381 e. The molecule has 0 aliphatic carbocycles. The maximum absolute atomic E-state index is 5.67. The van der Waals surface area contributed by atoms with Crippen molar-refractivity contribution in [3.8, 4) is 0 Å². The van der Waals surface area contributed by atoms with Crippen molar-refractivity contribution >= 4 is 33.3 Å². The molecular formula is C10H9BrN4. The van der Waals surface area contributed by atoms with Crippen LogP contribution in [-0.4, -0.2) is 9.97 Å². The zero-order chi connectivity index (χ0) is 10.7. The molecular weight excluding hydrogens is 256 g/mol. The highest BCUT2D eigenvalue weighted by Gasteiger charge is 2.03. The van der Waals surface area contributed by atoms with Gasteiger partial charge in [0.15, 0.2) is 11.6 Å². The second-order valence-electron chi connectivity index (χ2n) is 2.90. The number of halogens is 1. The highest BCUT2D eigenvalue weighted by atomic mass is 79.9. The Morgan fingerprint density at radius 3 is 2.60 bits per heavy atom. The average Bonchev–Trinajstić information content (AvgIpc) is 2.24. The standard InChI is InChI=1S/C10H9BrN4/c11-7-3-1-2-4-8(7)15-10-9(12)13-5-6-14-10/h1-6H,(H2,12,13)(H,14,15). The second kappa shape index (κ2) is 4.27. The largest absolute Gasteiger partial charge is 0.381 e. The molecule has 0 saturated heterocycles. The number of hydrogen-bond donors (Lipinski definition) is 2. The van der Waals surface area contributed by atoms with E-state index in [0.717, 1.165) is 10.2 Å². The number of aromatic nitrogens is 2. The van der Waals surface area contributed by atoms with Gasteiger partial charge < -0.3 is 11.1 Å². The summed E-state index contributed by atoms with van der Waals surface area (Å²) in [4.78, 5) is 8.04. The lowest BCUT2D eigenvalue weighted by molar-refractivity contribution is 1.21. The van der Waals surface area contributed by atoms with Crippen LogP contribution in [0.25, 0.3) is 0 Å². The fourth-order valence-electron chi connectivity index (χ4n) is 1.14.